The van der Waals surface area contributed by atoms with Crippen LogP contribution in [-0.2, 0) is 9.53 Å². The number of nitrogens with zero attached hydrogens (tertiary/aromatic N) is 1. The van der Waals surface area contributed by atoms with E-state index < -0.39 is 11.5 Å². The smallest absolute Gasteiger partial charge is 0.240 e. The summed E-state index contributed by atoms with van der Waals surface area (Å²) in [6.45, 7) is 0.315. The van der Waals surface area contributed by atoms with Crippen molar-refractivity contribution in [2.24, 2.45) is 5.41 Å². The summed E-state index contributed by atoms with van der Waals surface area (Å²) < 4.78 is 4.70. The van der Waals surface area contributed by atoms with E-state index in [0.29, 0.717) is 12.8 Å². The van der Waals surface area contributed by atoms with Crippen molar-refractivity contribution in [1.29, 1.82) is 5.26 Å². The number of aliphatic hydroxyl groups excluding tert-OH is 1. The Labute approximate surface area is 82.7 Å². The van der Waals surface area contributed by atoms with Gasteiger partial charge in [-0.25, -0.2) is 0 Å². The quantitative estimate of drug-likeness (QED) is 0.618. The lowest BCUT2D eigenvalue weighted by atomic mass is 10.1. The number of hydrogen-bond acceptors (Lipinski definition) is 4. The first-order valence-electron chi connectivity index (χ1n) is 4.51. The molecular formula is C9H14N2O3. The number of aliphatic hydroxyl groups is 1. The molecule has 0 radical (unpaired) electrons. The third-order valence-corrected chi connectivity index (χ3v) is 2.26. The van der Waals surface area contributed by atoms with Crippen LogP contribution in [0.2, 0.25) is 0 Å². The number of methoxy groups -OCH3 is 1. The highest BCUT2D eigenvalue weighted by atomic mass is 16.5. The summed E-state index contributed by atoms with van der Waals surface area (Å²) in [7, 11) is 1.47. The number of carbonyl (C=O) groups excluding carboxylic acids is 1. The molecule has 14 heavy (non-hydrogen) atoms. The van der Waals surface area contributed by atoms with Gasteiger partial charge in [0, 0.05) is 13.7 Å². The highest BCUT2D eigenvalue weighted by Gasteiger charge is 2.50. The van der Waals surface area contributed by atoms with Crippen molar-refractivity contribution in [2.75, 3.05) is 20.3 Å². The van der Waals surface area contributed by atoms with Gasteiger partial charge >= 0.3 is 0 Å². The average Bonchev–Trinajstić information content (AvgIpc) is 2.95. The zero-order valence-electron chi connectivity index (χ0n) is 8.12. The highest BCUT2D eigenvalue weighted by Crippen LogP contribution is 2.44. The van der Waals surface area contributed by atoms with E-state index in [-0.39, 0.29) is 19.1 Å². The van der Waals surface area contributed by atoms with Gasteiger partial charge in [-0.1, -0.05) is 0 Å². The molecule has 5 heteroatoms. The van der Waals surface area contributed by atoms with Gasteiger partial charge < -0.3 is 15.2 Å². The Morgan fingerprint density at radius 2 is 2.43 bits per heavy atom. The fourth-order valence-corrected chi connectivity index (χ4v) is 1.15. The lowest BCUT2D eigenvalue weighted by molar-refractivity contribution is -0.125. The number of nitrogens with one attached hydrogen (secondary N) is 1. The van der Waals surface area contributed by atoms with Gasteiger partial charge in [0.15, 0.2) is 0 Å². The fourth-order valence-electron chi connectivity index (χ4n) is 1.15. The second kappa shape index (κ2) is 4.40. The van der Waals surface area contributed by atoms with Crippen molar-refractivity contribution >= 4 is 5.91 Å². The van der Waals surface area contributed by atoms with Gasteiger partial charge in [-0.05, 0) is 12.8 Å². The predicted molar refractivity (Wildman–Crippen MR) is 48.2 cm³/mol. The topological polar surface area (TPSA) is 82.3 Å². The average molecular weight is 198 g/mol. The van der Waals surface area contributed by atoms with Gasteiger partial charge in [-0.3, -0.25) is 4.79 Å². The van der Waals surface area contributed by atoms with E-state index in [1.807, 2.05) is 6.07 Å². The van der Waals surface area contributed by atoms with Crippen LogP contribution in [0.25, 0.3) is 0 Å². The summed E-state index contributed by atoms with van der Waals surface area (Å²) in [6, 6.07) is 1.98. The van der Waals surface area contributed by atoms with Crippen LogP contribution in [0.1, 0.15) is 12.8 Å². The Morgan fingerprint density at radius 3 is 2.86 bits per heavy atom. The van der Waals surface area contributed by atoms with Gasteiger partial charge in [0.05, 0.1) is 18.8 Å². The summed E-state index contributed by atoms with van der Waals surface area (Å²) in [5.41, 5.74) is -0.813. The molecule has 78 valence electrons. The molecule has 1 rings (SSSR count). The molecule has 1 aliphatic carbocycles. The minimum atomic E-state index is -0.813. The van der Waals surface area contributed by atoms with Crippen molar-refractivity contribution in [3.05, 3.63) is 0 Å². The van der Waals surface area contributed by atoms with E-state index in [1.165, 1.54) is 7.11 Å². The lowest BCUT2D eigenvalue weighted by Crippen LogP contribution is -2.38. The largest absolute Gasteiger partial charge is 0.389 e. The minimum absolute atomic E-state index is 0.135. The summed E-state index contributed by atoms with van der Waals surface area (Å²) in [6.07, 6.45) is 0.532. The van der Waals surface area contributed by atoms with Crippen LogP contribution in [0.15, 0.2) is 0 Å². The van der Waals surface area contributed by atoms with Crippen LogP contribution < -0.4 is 5.32 Å². The SMILES string of the molecule is COCC(O)CNC(=O)C1(C#N)CC1. The third-order valence-electron chi connectivity index (χ3n) is 2.26. The molecule has 0 heterocycles. The molecule has 0 saturated heterocycles. The molecule has 0 aromatic rings. The molecule has 1 saturated carbocycles. The molecule has 1 atom stereocenters. The maximum absolute atomic E-state index is 11.4. The van der Waals surface area contributed by atoms with Crippen LogP contribution >= 0.6 is 0 Å². The van der Waals surface area contributed by atoms with Crippen molar-refractivity contribution in [3.8, 4) is 6.07 Å². The van der Waals surface area contributed by atoms with Gasteiger partial charge in [-0.15, -0.1) is 0 Å². The predicted octanol–water partition coefficient (Wildman–Crippen LogP) is -0.586. The van der Waals surface area contributed by atoms with Crippen LogP contribution in [0.5, 0.6) is 0 Å². The summed E-state index contributed by atoms with van der Waals surface area (Å²) >= 11 is 0. The normalized spacial score (nSPS) is 19.5. The highest BCUT2D eigenvalue weighted by molar-refractivity contribution is 5.88. The van der Waals surface area contributed by atoms with Gasteiger partial charge in [0.2, 0.25) is 5.91 Å². The number of amides is 1. The van der Waals surface area contributed by atoms with E-state index in [4.69, 9.17) is 10.00 Å². The fraction of sp³-hybridized carbons (Fsp3) is 0.778. The first-order chi connectivity index (χ1) is 6.64. The van der Waals surface area contributed by atoms with Gasteiger partial charge in [-0.2, -0.15) is 5.26 Å². The van der Waals surface area contributed by atoms with Gasteiger partial charge in [0.25, 0.3) is 0 Å². The molecule has 2 N–H and O–H groups in total. The standard InChI is InChI=1S/C9H14N2O3/c1-14-5-7(12)4-11-8(13)9(6-10)2-3-9/h7,12H,2-5H2,1H3,(H,11,13). The Kier molecular flexibility index (Phi) is 3.44. The Bertz CT molecular complexity index is 255. The van der Waals surface area contributed by atoms with Crippen LogP contribution in [0.3, 0.4) is 0 Å². The van der Waals surface area contributed by atoms with Crippen molar-refractivity contribution in [1.82, 2.24) is 5.32 Å². The lowest BCUT2D eigenvalue weighted by Gasteiger charge is -2.12. The van der Waals surface area contributed by atoms with E-state index in [0.717, 1.165) is 0 Å². The molecule has 1 aliphatic rings. The number of carbonyl (C=O) groups is 1. The van der Waals surface area contributed by atoms with E-state index >= 15 is 0 Å². The molecule has 0 spiro atoms. The minimum Gasteiger partial charge on any atom is -0.389 e. The van der Waals surface area contributed by atoms with Crippen molar-refractivity contribution < 1.29 is 14.6 Å². The zero-order chi connectivity index (χ0) is 10.6. The van der Waals surface area contributed by atoms with Crippen LogP contribution in [0, 0.1) is 16.7 Å². The second-order valence-corrected chi connectivity index (χ2v) is 3.51. The number of ether oxygens (including phenoxy) is 1. The number of rotatable bonds is 5. The molecule has 0 aromatic carbocycles. The van der Waals surface area contributed by atoms with Crippen LogP contribution in [-0.4, -0.2) is 37.4 Å². The first kappa shape index (κ1) is 11.0. The Morgan fingerprint density at radius 1 is 1.79 bits per heavy atom. The maximum Gasteiger partial charge on any atom is 0.240 e. The molecule has 0 aromatic heterocycles. The molecule has 5 nitrogen and oxygen atoms in total. The molecule has 0 bridgehead atoms. The summed E-state index contributed by atoms with van der Waals surface area (Å²) in [5.74, 6) is -0.282. The molecular weight excluding hydrogens is 184 g/mol. The molecule has 0 aliphatic heterocycles. The number of hydrogen-bond donors (Lipinski definition) is 2. The van der Waals surface area contributed by atoms with E-state index in [1.54, 1.807) is 0 Å². The van der Waals surface area contributed by atoms with E-state index in [2.05, 4.69) is 5.32 Å². The number of nitriles is 1. The molecule has 1 amide bonds. The first-order valence-corrected chi connectivity index (χ1v) is 4.51. The summed E-state index contributed by atoms with van der Waals surface area (Å²) in [5, 5.41) is 20.5. The van der Waals surface area contributed by atoms with Crippen molar-refractivity contribution in [3.63, 3.8) is 0 Å². The van der Waals surface area contributed by atoms with Gasteiger partial charge in [0.1, 0.15) is 5.41 Å². The van der Waals surface area contributed by atoms with Crippen molar-refractivity contribution in [2.45, 2.75) is 18.9 Å². The molecule has 1 fully saturated rings. The summed E-state index contributed by atoms with van der Waals surface area (Å²) in [4.78, 5) is 11.4. The Hall–Kier alpha value is -1.12. The zero-order valence-corrected chi connectivity index (χ0v) is 8.12. The maximum atomic E-state index is 11.4. The third kappa shape index (κ3) is 2.44. The Balaban J connectivity index is 2.26. The van der Waals surface area contributed by atoms with E-state index in [9.17, 15) is 9.90 Å². The molecule has 1 unspecified atom stereocenters. The second-order valence-electron chi connectivity index (χ2n) is 3.51. The monoisotopic (exact) mass is 198 g/mol. The van der Waals surface area contributed by atoms with Crippen LogP contribution in [0.4, 0.5) is 0 Å².